The maximum atomic E-state index is 14.0. The van der Waals surface area contributed by atoms with Gasteiger partial charge in [0.2, 0.25) is 0 Å². The van der Waals surface area contributed by atoms with Crippen LogP contribution in [-0.2, 0) is 15.3 Å². The molecule has 4 nitrogen and oxygen atoms in total. The van der Waals surface area contributed by atoms with Gasteiger partial charge in [0.1, 0.15) is 16.5 Å². The predicted molar refractivity (Wildman–Crippen MR) is 70.4 cm³/mol. The fourth-order valence-electron chi connectivity index (χ4n) is 2.89. The van der Waals surface area contributed by atoms with Gasteiger partial charge in [0.15, 0.2) is 9.84 Å². The Bertz CT molecular complexity index is 592. The molecule has 19 heavy (non-hydrogen) atoms. The summed E-state index contributed by atoms with van der Waals surface area (Å²) in [6, 6.07) is 2.12. The maximum absolute atomic E-state index is 14.0. The molecule has 0 atom stereocenters. The van der Waals surface area contributed by atoms with Gasteiger partial charge in [-0.1, -0.05) is 12.8 Å². The van der Waals surface area contributed by atoms with Gasteiger partial charge in [-0.25, -0.2) is 12.8 Å². The first-order valence-electron chi connectivity index (χ1n) is 6.23. The molecule has 0 bridgehead atoms. The highest BCUT2D eigenvalue weighted by molar-refractivity contribution is 7.90. The zero-order valence-electron chi connectivity index (χ0n) is 10.8. The topological polar surface area (TPSA) is 80.4 Å². The number of phenols is 1. The standard InChI is InChI=1S/C13H18FNO3S/c1-19(17,18)12-7-11(16)9(6-10(12)14)13(8-15)4-2-3-5-13/h6-7,16H,2-5,8,15H2,1H3. The first-order chi connectivity index (χ1) is 8.80. The maximum Gasteiger partial charge on any atom is 0.178 e. The number of sulfone groups is 1. The first-order valence-corrected chi connectivity index (χ1v) is 8.12. The molecular weight excluding hydrogens is 269 g/mol. The van der Waals surface area contributed by atoms with E-state index < -0.39 is 26.0 Å². The molecule has 0 aliphatic heterocycles. The smallest absolute Gasteiger partial charge is 0.178 e. The lowest BCUT2D eigenvalue weighted by molar-refractivity contribution is 0.399. The van der Waals surface area contributed by atoms with Crippen molar-refractivity contribution in [3.63, 3.8) is 0 Å². The Balaban J connectivity index is 2.58. The molecule has 2 rings (SSSR count). The molecule has 1 saturated carbocycles. The molecule has 1 aromatic carbocycles. The Morgan fingerprint density at radius 1 is 1.37 bits per heavy atom. The predicted octanol–water partition coefficient (Wildman–Crippen LogP) is 1.71. The lowest BCUT2D eigenvalue weighted by atomic mass is 9.78. The van der Waals surface area contributed by atoms with Crippen molar-refractivity contribution in [3.05, 3.63) is 23.5 Å². The van der Waals surface area contributed by atoms with Gasteiger partial charge < -0.3 is 10.8 Å². The van der Waals surface area contributed by atoms with Crippen LogP contribution in [0.3, 0.4) is 0 Å². The van der Waals surface area contributed by atoms with E-state index in [1.54, 1.807) is 0 Å². The van der Waals surface area contributed by atoms with Crippen molar-refractivity contribution in [1.29, 1.82) is 0 Å². The van der Waals surface area contributed by atoms with Gasteiger partial charge in [-0.3, -0.25) is 0 Å². The summed E-state index contributed by atoms with van der Waals surface area (Å²) in [4.78, 5) is -0.473. The third-order valence-corrected chi connectivity index (χ3v) is 5.08. The average Bonchev–Trinajstić information content (AvgIpc) is 2.80. The molecule has 0 amide bonds. The van der Waals surface area contributed by atoms with Gasteiger partial charge >= 0.3 is 0 Å². The quantitative estimate of drug-likeness (QED) is 0.886. The number of nitrogens with two attached hydrogens (primary N) is 1. The van der Waals surface area contributed by atoms with E-state index in [1.807, 2.05) is 0 Å². The van der Waals surface area contributed by atoms with Crippen LogP contribution >= 0.6 is 0 Å². The Labute approximate surface area is 112 Å². The Morgan fingerprint density at radius 3 is 2.42 bits per heavy atom. The van der Waals surface area contributed by atoms with E-state index in [-0.39, 0.29) is 5.75 Å². The van der Waals surface area contributed by atoms with Crippen LogP contribution in [0.1, 0.15) is 31.2 Å². The lowest BCUT2D eigenvalue weighted by Crippen LogP contribution is -2.32. The number of hydrogen-bond acceptors (Lipinski definition) is 4. The highest BCUT2D eigenvalue weighted by Gasteiger charge is 2.37. The molecule has 6 heteroatoms. The summed E-state index contributed by atoms with van der Waals surface area (Å²) in [5.41, 5.74) is 5.79. The molecule has 3 N–H and O–H groups in total. The summed E-state index contributed by atoms with van der Waals surface area (Å²) in [7, 11) is -3.69. The molecule has 0 unspecified atom stereocenters. The highest BCUT2D eigenvalue weighted by Crippen LogP contribution is 2.44. The van der Waals surface area contributed by atoms with Gasteiger partial charge in [0.25, 0.3) is 0 Å². The van der Waals surface area contributed by atoms with Crippen molar-refractivity contribution in [1.82, 2.24) is 0 Å². The van der Waals surface area contributed by atoms with Gasteiger partial charge in [-0.2, -0.15) is 0 Å². The molecular formula is C13H18FNO3S. The lowest BCUT2D eigenvalue weighted by Gasteiger charge is -2.28. The monoisotopic (exact) mass is 287 g/mol. The summed E-state index contributed by atoms with van der Waals surface area (Å²) < 4.78 is 36.8. The summed E-state index contributed by atoms with van der Waals surface area (Å²) >= 11 is 0. The molecule has 0 radical (unpaired) electrons. The average molecular weight is 287 g/mol. The van der Waals surface area contributed by atoms with Crippen molar-refractivity contribution >= 4 is 9.84 Å². The second-order valence-corrected chi connectivity index (χ2v) is 7.25. The fourth-order valence-corrected chi connectivity index (χ4v) is 3.63. The zero-order valence-corrected chi connectivity index (χ0v) is 11.6. The van der Waals surface area contributed by atoms with E-state index in [0.717, 1.165) is 44.1 Å². The summed E-state index contributed by atoms with van der Waals surface area (Å²) in [6.07, 6.45) is 4.44. The number of rotatable bonds is 3. The van der Waals surface area contributed by atoms with Gasteiger partial charge in [0, 0.05) is 29.8 Å². The molecule has 0 aromatic heterocycles. The second-order valence-electron chi connectivity index (χ2n) is 5.26. The van der Waals surface area contributed by atoms with E-state index >= 15 is 0 Å². The van der Waals surface area contributed by atoms with Crippen LogP contribution in [0.15, 0.2) is 17.0 Å². The molecule has 0 heterocycles. The van der Waals surface area contributed by atoms with Gasteiger partial charge in [-0.05, 0) is 18.9 Å². The van der Waals surface area contributed by atoms with Crippen molar-refractivity contribution < 1.29 is 17.9 Å². The highest BCUT2D eigenvalue weighted by atomic mass is 32.2. The number of halogens is 1. The van der Waals surface area contributed by atoms with Crippen LogP contribution in [0.2, 0.25) is 0 Å². The minimum absolute atomic E-state index is 0.186. The van der Waals surface area contributed by atoms with E-state index in [0.29, 0.717) is 12.1 Å². The number of benzene rings is 1. The van der Waals surface area contributed by atoms with E-state index in [9.17, 15) is 17.9 Å². The third kappa shape index (κ3) is 2.47. The normalized spacial score (nSPS) is 18.7. The molecule has 0 saturated heterocycles. The SMILES string of the molecule is CS(=O)(=O)c1cc(O)c(C2(CN)CCCC2)cc1F. The number of aromatic hydroxyl groups is 1. The molecule has 1 aliphatic rings. The van der Waals surface area contributed by atoms with Crippen LogP contribution in [0.25, 0.3) is 0 Å². The minimum atomic E-state index is -3.69. The van der Waals surface area contributed by atoms with Crippen LogP contribution in [0, 0.1) is 5.82 Å². The molecule has 1 aliphatic carbocycles. The third-order valence-electron chi connectivity index (χ3n) is 3.97. The van der Waals surface area contributed by atoms with Crippen molar-refractivity contribution in [2.75, 3.05) is 12.8 Å². The van der Waals surface area contributed by atoms with E-state index in [1.165, 1.54) is 0 Å². The fraction of sp³-hybridized carbons (Fsp3) is 0.538. The minimum Gasteiger partial charge on any atom is -0.508 e. The van der Waals surface area contributed by atoms with Crippen LogP contribution in [-0.4, -0.2) is 26.3 Å². The molecule has 1 fully saturated rings. The van der Waals surface area contributed by atoms with Crippen molar-refractivity contribution in [3.8, 4) is 5.75 Å². The van der Waals surface area contributed by atoms with Gasteiger partial charge in [-0.15, -0.1) is 0 Å². The van der Waals surface area contributed by atoms with Crippen LogP contribution in [0.5, 0.6) is 5.75 Å². The zero-order chi connectivity index (χ0) is 14.3. The summed E-state index contributed by atoms with van der Waals surface area (Å²) in [6.45, 7) is 0.318. The Morgan fingerprint density at radius 2 is 1.95 bits per heavy atom. The summed E-state index contributed by atoms with van der Waals surface area (Å²) in [5, 5.41) is 10.0. The van der Waals surface area contributed by atoms with Crippen molar-refractivity contribution in [2.24, 2.45) is 5.73 Å². The molecule has 1 aromatic rings. The van der Waals surface area contributed by atoms with Crippen LogP contribution in [0.4, 0.5) is 4.39 Å². The largest absolute Gasteiger partial charge is 0.508 e. The Kier molecular flexibility index (Phi) is 3.57. The summed E-state index contributed by atoms with van der Waals surface area (Å²) in [5.74, 6) is -1.01. The van der Waals surface area contributed by atoms with Crippen LogP contribution < -0.4 is 5.73 Å². The second kappa shape index (κ2) is 4.76. The molecule has 106 valence electrons. The Hall–Kier alpha value is -1.14. The number of hydrogen-bond donors (Lipinski definition) is 2. The molecule has 0 spiro atoms. The number of phenolic OH excluding ortho intramolecular Hbond substituents is 1. The van der Waals surface area contributed by atoms with Crippen molar-refractivity contribution in [2.45, 2.75) is 36.0 Å². The first kappa shape index (κ1) is 14.3. The van der Waals surface area contributed by atoms with E-state index in [2.05, 4.69) is 0 Å². The van der Waals surface area contributed by atoms with Gasteiger partial charge in [0.05, 0.1) is 0 Å². The van der Waals surface area contributed by atoms with E-state index in [4.69, 9.17) is 5.73 Å².